The number of phenolic OH excluding ortho intramolecular Hbond substituents is 2. The molecule has 0 radical (unpaired) electrons. The minimum Gasteiger partial charge on any atom is -0.507 e. The van der Waals surface area contributed by atoms with Crippen LogP contribution in [0, 0.1) is 69.2 Å². The van der Waals surface area contributed by atoms with Crippen LogP contribution in [-0.2, 0) is 39.0 Å². The first kappa shape index (κ1) is 51.6. The van der Waals surface area contributed by atoms with Crippen molar-refractivity contribution in [2.45, 2.75) is 80.4 Å². The third kappa shape index (κ3) is 14.3. The summed E-state index contributed by atoms with van der Waals surface area (Å²) in [4.78, 5) is 0. The van der Waals surface area contributed by atoms with E-state index in [1.807, 2.05) is 146 Å². The normalized spacial score (nSPS) is 11.4. The molecule has 0 aliphatic carbocycles. The standard InChI is InChI=1S/C48H50O4.2C7H7.Zr/c1-29-15-19-39(20-16-29)51-43(27-37-11-9-13-41(47(37)49)45-33(5)23-31(3)24-34(45)6)44(52-40-21-17-30(2)18-22-40)28-38-12-10-14-42(48(38)50)46-35(7)25-32(4)26-36(46)8;2*1-7-5-3-2-4-6-7;/h9-26,43-44,49-50H,27-28H2,1-8H3;2*2-6H,1H2;/q;2*-1;+2. The third-order valence-corrected chi connectivity index (χ3v) is 11.7. The zero-order valence-corrected chi connectivity index (χ0v) is 42.8. The van der Waals surface area contributed by atoms with Crippen molar-refractivity contribution in [2.24, 2.45) is 0 Å². The first-order chi connectivity index (χ1) is 31.7. The monoisotopic (exact) mass is 962 g/mol. The van der Waals surface area contributed by atoms with Crippen molar-refractivity contribution in [2.75, 3.05) is 0 Å². The number of para-hydroxylation sites is 2. The van der Waals surface area contributed by atoms with Gasteiger partial charge in [-0.2, -0.15) is 49.2 Å². The average Bonchev–Trinajstić information content (AvgIpc) is 3.27. The molecule has 4 nitrogen and oxygen atoms in total. The van der Waals surface area contributed by atoms with E-state index >= 15 is 0 Å². The van der Waals surface area contributed by atoms with Crippen LogP contribution in [0.3, 0.4) is 0 Å². The summed E-state index contributed by atoms with van der Waals surface area (Å²) in [6, 6.07) is 56.3. The van der Waals surface area contributed by atoms with Crippen molar-refractivity contribution in [3.63, 3.8) is 0 Å². The van der Waals surface area contributed by atoms with Gasteiger partial charge >= 0.3 is 26.2 Å². The van der Waals surface area contributed by atoms with Gasteiger partial charge < -0.3 is 19.7 Å². The Labute approximate surface area is 419 Å². The van der Waals surface area contributed by atoms with Crippen LogP contribution in [0.15, 0.2) is 170 Å². The van der Waals surface area contributed by atoms with Gasteiger partial charge in [0.05, 0.1) is 0 Å². The summed E-state index contributed by atoms with van der Waals surface area (Å²) in [7, 11) is 0. The second kappa shape index (κ2) is 24.4. The Kier molecular flexibility index (Phi) is 18.8. The maximum Gasteiger partial charge on any atom is 2.00 e. The van der Waals surface area contributed by atoms with Gasteiger partial charge in [-0.05, 0) is 124 Å². The molecule has 2 N–H and O–H groups in total. The fourth-order valence-electron chi connectivity index (χ4n) is 8.60. The maximum atomic E-state index is 11.9. The van der Waals surface area contributed by atoms with E-state index < -0.39 is 12.2 Å². The predicted molar refractivity (Wildman–Crippen MR) is 276 cm³/mol. The van der Waals surface area contributed by atoms with Crippen LogP contribution >= 0.6 is 0 Å². The van der Waals surface area contributed by atoms with Crippen molar-refractivity contribution in [1.82, 2.24) is 0 Å². The number of phenols is 2. The largest absolute Gasteiger partial charge is 2.00 e. The summed E-state index contributed by atoms with van der Waals surface area (Å²) in [5.41, 5.74) is 16.5. The van der Waals surface area contributed by atoms with Crippen molar-refractivity contribution in [3.05, 3.63) is 250 Å². The third-order valence-electron chi connectivity index (χ3n) is 11.7. The number of hydrogen-bond acceptors (Lipinski definition) is 4. The summed E-state index contributed by atoms with van der Waals surface area (Å²) < 4.78 is 13.7. The fourth-order valence-corrected chi connectivity index (χ4v) is 8.60. The molecule has 67 heavy (non-hydrogen) atoms. The molecular weight excluding hydrogens is 900 g/mol. The number of benzene rings is 8. The van der Waals surface area contributed by atoms with Crippen molar-refractivity contribution < 1.29 is 45.9 Å². The van der Waals surface area contributed by atoms with E-state index in [0.717, 1.165) is 77.9 Å². The van der Waals surface area contributed by atoms with Crippen LogP contribution in [0.25, 0.3) is 22.3 Å². The van der Waals surface area contributed by atoms with Crippen LogP contribution in [0.5, 0.6) is 23.0 Å². The molecule has 0 saturated heterocycles. The Morgan fingerprint density at radius 3 is 0.985 bits per heavy atom. The van der Waals surface area contributed by atoms with Crippen LogP contribution in [0.1, 0.15) is 66.8 Å². The van der Waals surface area contributed by atoms with Crippen molar-refractivity contribution in [3.8, 4) is 45.3 Å². The summed E-state index contributed by atoms with van der Waals surface area (Å²) in [5, 5.41) is 23.9. The number of aryl methyl sites for hydroxylation is 8. The molecule has 0 spiro atoms. The molecule has 0 fully saturated rings. The van der Waals surface area contributed by atoms with E-state index in [1.54, 1.807) is 0 Å². The van der Waals surface area contributed by atoms with Gasteiger partial charge in [0.15, 0.2) is 0 Å². The molecule has 0 bridgehead atoms. The molecule has 0 saturated carbocycles. The van der Waals surface area contributed by atoms with Gasteiger partial charge in [-0.25, -0.2) is 0 Å². The molecule has 8 rings (SSSR count). The molecular formula is C62H64O4Zr. The fraction of sp³-hybridized carbons (Fsp3) is 0.194. The summed E-state index contributed by atoms with van der Waals surface area (Å²) >= 11 is 0. The van der Waals surface area contributed by atoms with E-state index in [9.17, 15) is 10.2 Å². The maximum absolute atomic E-state index is 11.9. The van der Waals surface area contributed by atoms with Crippen LogP contribution in [-0.4, -0.2) is 22.4 Å². The molecule has 0 aliphatic heterocycles. The van der Waals surface area contributed by atoms with Crippen LogP contribution in [0.2, 0.25) is 0 Å². The molecule has 0 heterocycles. The van der Waals surface area contributed by atoms with Crippen molar-refractivity contribution >= 4 is 0 Å². The smallest absolute Gasteiger partial charge is 0.507 e. The second-order valence-corrected chi connectivity index (χ2v) is 17.5. The number of rotatable bonds is 11. The number of aromatic hydroxyl groups is 2. The van der Waals surface area contributed by atoms with E-state index in [4.69, 9.17) is 9.47 Å². The molecule has 8 aromatic rings. The Balaban J connectivity index is 0.000000477. The molecule has 0 amide bonds. The predicted octanol–water partition coefficient (Wildman–Crippen LogP) is 15.3. The minimum absolute atomic E-state index is 0. The van der Waals surface area contributed by atoms with E-state index in [-0.39, 0.29) is 37.7 Å². The summed E-state index contributed by atoms with van der Waals surface area (Å²) in [5.74, 6) is 1.88. The van der Waals surface area contributed by atoms with E-state index in [0.29, 0.717) is 24.3 Å². The van der Waals surface area contributed by atoms with Gasteiger partial charge in [0.1, 0.15) is 35.2 Å². The van der Waals surface area contributed by atoms with Gasteiger partial charge in [-0.1, -0.05) is 119 Å². The van der Waals surface area contributed by atoms with E-state index in [1.165, 1.54) is 11.1 Å². The topological polar surface area (TPSA) is 58.9 Å². The van der Waals surface area contributed by atoms with Crippen molar-refractivity contribution in [1.29, 1.82) is 0 Å². The Morgan fingerprint density at radius 1 is 0.388 bits per heavy atom. The van der Waals surface area contributed by atoms with Gasteiger partial charge in [0, 0.05) is 24.0 Å². The van der Waals surface area contributed by atoms with Crippen LogP contribution in [0.4, 0.5) is 0 Å². The minimum atomic E-state index is -0.545. The first-order valence-electron chi connectivity index (χ1n) is 22.7. The molecule has 8 aromatic carbocycles. The average molecular weight is 964 g/mol. The van der Waals surface area contributed by atoms with E-state index in [2.05, 4.69) is 93.5 Å². The molecule has 2 atom stereocenters. The number of hydrogen-bond donors (Lipinski definition) is 2. The van der Waals surface area contributed by atoms with Gasteiger partial charge in [-0.15, -0.1) is 24.3 Å². The molecule has 0 aromatic heterocycles. The molecule has 5 heteroatoms. The zero-order valence-electron chi connectivity index (χ0n) is 40.4. The van der Waals surface area contributed by atoms with Gasteiger partial charge in [0.25, 0.3) is 0 Å². The Hall–Kier alpha value is -6.42. The Morgan fingerprint density at radius 2 is 0.701 bits per heavy atom. The molecule has 340 valence electrons. The quantitative estimate of drug-likeness (QED) is 0.127. The molecule has 0 aliphatic rings. The van der Waals surface area contributed by atoms with Gasteiger partial charge in [0.2, 0.25) is 0 Å². The Bertz CT molecular complexity index is 2570. The first-order valence-corrected chi connectivity index (χ1v) is 22.7. The van der Waals surface area contributed by atoms with Gasteiger partial charge in [-0.3, -0.25) is 0 Å². The summed E-state index contributed by atoms with van der Waals surface area (Å²) in [6.07, 6.45) is -0.359. The van der Waals surface area contributed by atoms with Crippen LogP contribution < -0.4 is 9.47 Å². The zero-order chi connectivity index (χ0) is 47.3. The second-order valence-electron chi connectivity index (χ2n) is 17.5. The molecule has 2 unspecified atom stereocenters. The number of ether oxygens (including phenoxy) is 2. The SMILES string of the molecule is Cc1ccc(OC(Cc2cccc(-c3c(C)cc(C)cc3C)c2O)C(Cc2cccc(-c3c(C)cc(C)cc3C)c2O)Oc2ccc(C)cc2)cc1.[CH2-]c1ccccc1.[CH2-]c1ccccc1.[Zr+2]. The summed E-state index contributed by atoms with van der Waals surface area (Å²) in [6.45, 7) is 24.1.